The molecule has 0 aliphatic carbocycles. The molecule has 2 aromatic carbocycles. The van der Waals surface area contributed by atoms with Gasteiger partial charge in [-0.2, -0.15) is 0 Å². The summed E-state index contributed by atoms with van der Waals surface area (Å²) in [5, 5.41) is 3.76. The van der Waals surface area contributed by atoms with Gasteiger partial charge in [-0.05, 0) is 29.0 Å². The highest BCUT2D eigenvalue weighted by Gasteiger charge is 2.25. The molecule has 1 heteroatoms. The molecule has 0 saturated heterocycles. The second-order valence-electron chi connectivity index (χ2n) is 5.41. The Bertz CT molecular complexity index is 532. The second-order valence-corrected chi connectivity index (χ2v) is 5.41. The van der Waals surface area contributed by atoms with Crippen LogP contribution in [0.2, 0.25) is 0 Å². The molecule has 0 spiro atoms. The van der Waals surface area contributed by atoms with E-state index in [1.165, 1.54) is 29.5 Å². The maximum absolute atomic E-state index is 3.76. The first kappa shape index (κ1) is 12.4. The topological polar surface area (TPSA) is 12.0 Å². The van der Waals surface area contributed by atoms with Crippen molar-refractivity contribution in [2.75, 3.05) is 0 Å². The van der Waals surface area contributed by atoms with Crippen molar-refractivity contribution in [1.29, 1.82) is 0 Å². The minimum Gasteiger partial charge on any atom is -0.306 e. The van der Waals surface area contributed by atoms with Crippen LogP contribution in [0.3, 0.4) is 0 Å². The lowest BCUT2D eigenvalue weighted by molar-refractivity contribution is 0.360. The third-order valence-electron chi connectivity index (χ3n) is 4.27. The monoisotopic (exact) mass is 251 g/mol. The van der Waals surface area contributed by atoms with E-state index in [0.717, 1.165) is 6.54 Å². The van der Waals surface area contributed by atoms with Crippen molar-refractivity contribution in [1.82, 2.24) is 5.32 Å². The predicted octanol–water partition coefficient (Wildman–Crippen LogP) is 4.10. The third kappa shape index (κ3) is 2.57. The Hall–Kier alpha value is -1.60. The molecule has 2 unspecified atom stereocenters. The van der Waals surface area contributed by atoms with Gasteiger partial charge in [0.2, 0.25) is 0 Å². The molecule has 1 nitrogen and oxygen atoms in total. The predicted molar refractivity (Wildman–Crippen MR) is 79.9 cm³/mol. The van der Waals surface area contributed by atoms with Crippen molar-refractivity contribution in [3.63, 3.8) is 0 Å². The first-order chi connectivity index (χ1) is 9.38. The summed E-state index contributed by atoms with van der Waals surface area (Å²) in [4.78, 5) is 0. The number of fused-ring (bicyclic) bond motifs is 1. The molecule has 0 aromatic heterocycles. The lowest BCUT2D eigenvalue weighted by atomic mass is 9.86. The Kier molecular flexibility index (Phi) is 3.65. The van der Waals surface area contributed by atoms with Crippen molar-refractivity contribution < 1.29 is 0 Å². The number of hydrogen-bond acceptors (Lipinski definition) is 1. The fraction of sp³-hybridized carbons (Fsp3) is 0.333. The van der Waals surface area contributed by atoms with Crippen LogP contribution >= 0.6 is 0 Å². The Balaban J connectivity index is 1.92. The SMILES string of the molecule is CCC1Cc2ccccc2CNC1c1ccccc1. The Morgan fingerprint density at radius 3 is 2.37 bits per heavy atom. The zero-order valence-corrected chi connectivity index (χ0v) is 11.5. The average Bonchev–Trinajstić information content (AvgIpc) is 2.67. The maximum Gasteiger partial charge on any atom is 0.0354 e. The Morgan fingerprint density at radius 1 is 0.947 bits per heavy atom. The Morgan fingerprint density at radius 2 is 1.63 bits per heavy atom. The van der Waals surface area contributed by atoms with E-state index in [9.17, 15) is 0 Å². The van der Waals surface area contributed by atoms with Crippen molar-refractivity contribution in [3.05, 3.63) is 71.3 Å². The molecule has 3 rings (SSSR count). The summed E-state index contributed by atoms with van der Waals surface area (Å²) in [6.45, 7) is 3.28. The molecule has 1 aliphatic heterocycles. The van der Waals surface area contributed by atoms with Gasteiger partial charge in [0.05, 0.1) is 0 Å². The standard InChI is InChI=1S/C18H21N/c1-2-14-12-16-10-6-7-11-17(16)13-19-18(14)15-8-4-3-5-9-15/h3-11,14,18-19H,2,12-13H2,1H3. The zero-order valence-electron chi connectivity index (χ0n) is 11.5. The molecule has 0 saturated carbocycles. The maximum atomic E-state index is 3.76. The van der Waals surface area contributed by atoms with Crippen LogP contribution in [0.15, 0.2) is 54.6 Å². The van der Waals surface area contributed by atoms with Gasteiger partial charge in [0.15, 0.2) is 0 Å². The van der Waals surface area contributed by atoms with E-state index in [4.69, 9.17) is 0 Å². The quantitative estimate of drug-likeness (QED) is 0.847. The fourth-order valence-electron chi connectivity index (χ4n) is 3.15. The molecule has 1 aliphatic rings. The molecule has 0 bridgehead atoms. The molecular formula is C18H21N. The van der Waals surface area contributed by atoms with Gasteiger partial charge < -0.3 is 5.32 Å². The van der Waals surface area contributed by atoms with E-state index in [1.807, 2.05) is 0 Å². The minimum absolute atomic E-state index is 0.471. The third-order valence-corrected chi connectivity index (χ3v) is 4.27. The largest absolute Gasteiger partial charge is 0.306 e. The second kappa shape index (κ2) is 5.58. The first-order valence-corrected chi connectivity index (χ1v) is 7.23. The van der Waals surface area contributed by atoms with Gasteiger partial charge in [-0.15, -0.1) is 0 Å². The molecule has 0 amide bonds. The Labute approximate surface area is 115 Å². The van der Waals surface area contributed by atoms with Gasteiger partial charge in [-0.1, -0.05) is 67.9 Å². The number of rotatable bonds is 2. The van der Waals surface area contributed by atoms with Crippen molar-refractivity contribution in [2.24, 2.45) is 5.92 Å². The van der Waals surface area contributed by atoms with E-state index in [2.05, 4.69) is 66.8 Å². The highest BCUT2D eigenvalue weighted by molar-refractivity contribution is 5.30. The smallest absolute Gasteiger partial charge is 0.0354 e. The van der Waals surface area contributed by atoms with Gasteiger partial charge in [-0.25, -0.2) is 0 Å². The summed E-state index contributed by atoms with van der Waals surface area (Å²) in [6.07, 6.45) is 2.39. The summed E-state index contributed by atoms with van der Waals surface area (Å²) in [6, 6.07) is 20.2. The summed E-state index contributed by atoms with van der Waals surface area (Å²) < 4.78 is 0. The molecule has 2 atom stereocenters. The van der Waals surface area contributed by atoms with Crippen LogP contribution in [0.5, 0.6) is 0 Å². The summed E-state index contributed by atoms with van der Waals surface area (Å²) >= 11 is 0. The van der Waals surface area contributed by atoms with Crippen LogP contribution in [-0.4, -0.2) is 0 Å². The van der Waals surface area contributed by atoms with Crippen molar-refractivity contribution >= 4 is 0 Å². The van der Waals surface area contributed by atoms with E-state index in [0.29, 0.717) is 12.0 Å². The van der Waals surface area contributed by atoms with Crippen LogP contribution in [0.4, 0.5) is 0 Å². The average molecular weight is 251 g/mol. The van der Waals surface area contributed by atoms with Crippen molar-refractivity contribution in [3.8, 4) is 0 Å². The number of benzene rings is 2. The molecule has 1 N–H and O–H groups in total. The number of hydrogen-bond donors (Lipinski definition) is 1. The van der Waals surface area contributed by atoms with Gasteiger partial charge in [0.25, 0.3) is 0 Å². The van der Waals surface area contributed by atoms with Crippen LogP contribution in [0, 0.1) is 5.92 Å². The van der Waals surface area contributed by atoms with E-state index in [1.54, 1.807) is 0 Å². The summed E-state index contributed by atoms with van der Waals surface area (Å²) in [7, 11) is 0. The van der Waals surface area contributed by atoms with Gasteiger partial charge >= 0.3 is 0 Å². The highest BCUT2D eigenvalue weighted by atomic mass is 14.9. The first-order valence-electron chi connectivity index (χ1n) is 7.23. The lowest BCUT2D eigenvalue weighted by Gasteiger charge is -2.25. The highest BCUT2D eigenvalue weighted by Crippen LogP contribution is 2.31. The number of nitrogens with one attached hydrogen (secondary N) is 1. The molecule has 19 heavy (non-hydrogen) atoms. The molecule has 1 heterocycles. The molecule has 2 aromatic rings. The fourth-order valence-corrected chi connectivity index (χ4v) is 3.15. The van der Waals surface area contributed by atoms with Gasteiger partial charge in [0.1, 0.15) is 0 Å². The van der Waals surface area contributed by atoms with Gasteiger partial charge in [0, 0.05) is 12.6 Å². The molecular weight excluding hydrogens is 230 g/mol. The van der Waals surface area contributed by atoms with Crippen LogP contribution in [-0.2, 0) is 13.0 Å². The van der Waals surface area contributed by atoms with E-state index >= 15 is 0 Å². The molecule has 98 valence electrons. The lowest BCUT2D eigenvalue weighted by Crippen LogP contribution is -2.26. The molecule has 0 fully saturated rings. The van der Waals surface area contributed by atoms with Gasteiger partial charge in [-0.3, -0.25) is 0 Å². The summed E-state index contributed by atoms with van der Waals surface area (Å²) in [5.41, 5.74) is 4.39. The van der Waals surface area contributed by atoms with E-state index in [-0.39, 0.29) is 0 Å². The van der Waals surface area contributed by atoms with Crippen molar-refractivity contribution in [2.45, 2.75) is 32.4 Å². The van der Waals surface area contributed by atoms with Crippen LogP contribution < -0.4 is 5.32 Å². The van der Waals surface area contributed by atoms with Crippen LogP contribution in [0.25, 0.3) is 0 Å². The molecule has 0 radical (unpaired) electrons. The summed E-state index contributed by atoms with van der Waals surface area (Å²) in [5.74, 6) is 0.672. The van der Waals surface area contributed by atoms with E-state index < -0.39 is 0 Å². The minimum atomic E-state index is 0.471. The van der Waals surface area contributed by atoms with Crippen LogP contribution in [0.1, 0.15) is 36.1 Å². The zero-order chi connectivity index (χ0) is 13.1. The normalized spacial score (nSPS) is 22.6.